The minimum Gasteiger partial charge on any atom is -0.508 e. The van der Waals surface area contributed by atoms with Crippen LogP contribution in [0, 0.1) is 0 Å². The maximum atomic E-state index is 12.1. The molecule has 6 heteroatoms. The van der Waals surface area contributed by atoms with E-state index in [1.165, 1.54) is 17.0 Å². The zero-order valence-corrected chi connectivity index (χ0v) is 10.2. The van der Waals surface area contributed by atoms with Gasteiger partial charge in [-0.3, -0.25) is 4.79 Å². The first-order valence-electron chi connectivity index (χ1n) is 5.95. The fourth-order valence-corrected chi connectivity index (χ4v) is 2.27. The molecule has 0 saturated carbocycles. The molecule has 2 atom stereocenters. The van der Waals surface area contributed by atoms with Crippen molar-refractivity contribution in [2.75, 3.05) is 6.54 Å². The smallest absolute Gasteiger partial charge is 0.326 e. The van der Waals surface area contributed by atoms with E-state index in [4.69, 9.17) is 5.11 Å². The van der Waals surface area contributed by atoms with E-state index in [1.807, 2.05) is 0 Å². The zero-order chi connectivity index (χ0) is 14.0. The molecule has 1 saturated heterocycles. The van der Waals surface area contributed by atoms with Gasteiger partial charge >= 0.3 is 5.97 Å². The van der Waals surface area contributed by atoms with Crippen molar-refractivity contribution in [3.8, 4) is 5.75 Å². The van der Waals surface area contributed by atoms with Crippen LogP contribution in [0.5, 0.6) is 5.75 Å². The number of nitrogens with zero attached hydrogens (tertiary/aromatic N) is 1. The number of aromatic hydroxyl groups is 1. The lowest BCUT2D eigenvalue weighted by atomic mass is 10.1. The van der Waals surface area contributed by atoms with Gasteiger partial charge in [-0.25, -0.2) is 4.79 Å². The molecular formula is C13H15NO5. The predicted octanol–water partition coefficient (Wildman–Crippen LogP) is -0.0189. The Morgan fingerprint density at radius 3 is 2.74 bits per heavy atom. The summed E-state index contributed by atoms with van der Waals surface area (Å²) in [6.45, 7) is 0.0363. The van der Waals surface area contributed by atoms with Crippen LogP contribution in [0.25, 0.3) is 0 Å². The summed E-state index contributed by atoms with van der Waals surface area (Å²) in [5, 5.41) is 27.8. The molecule has 0 aromatic heterocycles. The number of carboxylic acids is 1. The van der Waals surface area contributed by atoms with Gasteiger partial charge < -0.3 is 20.2 Å². The highest BCUT2D eigenvalue weighted by atomic mass is 16.4. The van der Waals surface area contributed by atoms with E-state index in [-0.39, 0.29) is 31.0 Å². The molecule has 0 aliphatic carbocycles. The summed E-state index contributed by atoms with van der Waals surface area (Å²) in [7, 11) is 0. The van der Waals surface area contributed by atoms with Crippen LogP contribution in [-0.4, -0.2) is 50.8 Å². The first kappa shape index (κ1) is 13.4. The Morgan fingerprint density at radius 1 is 1.37 bits per heavy atom. The van der Waals surface area contributed by atoms with E-state index in [0.717, 1.165) is 0 Å². The molecule has 2 unspecified atom stereocenters. The summed E-state index contributed by atoms with van der Waals surface area (Å²) in [5.41, 5.74) is 0.607. The number of amides is 1. The van der Waals surface area contributed by atoms with Gasteiger partial charge in [0.2, 0.25) is 5.91 Å². The SMILES string of the molecule is O=C(O)C1CC(O)CN1C(=O)Cc1cccc(O)c1. The summed E-state index contributed by atoms with van der Waals surface area (Å²) >= 11 is 0. The number of carbonyl (C=O) groups excluding carboxylic acids is 1. The third kappa shape index (κ3) is 3.03. The zero-order valence-electron chi connectivity index (χ0n) is 10.2. The van der Waals surface area contributed by atoms with Crippen LogP contribution in [0.2, 0.25) is 0 Å². The third-order valence-electron chi connectivity index (χ3n) is 3.15. The van der Waals surface area contributed by atoms with Crippen molar-refractivity contribution >= 4 is 11.9 Å². The highest BCUT2D eigenvalue weighted by molar-refractivity contribution is 5.85. The molecule has 1 heterocycles. The summed E-state index contributed by atoms with van der Waals surface area (Å²) in [6.07, 6.45) is -0.735. The third-order valence-corrected chi connectivity index (χ3v) is 3.15. The van der Waals surface area contributed by atoms with Crippen LogP contribution >= 0.6 is 0 Å². The maximum Gasteiger partial charge on any atom is 0.326 e. The van der Waals surface area contributed by atoms with Gasteiger partial charge in [-0.1, -0.05) is 12.1 Å². The molecule has 1 fully saturated rings. The number of phenols is 1. The van der Waals surface area contributed by atoms with Crippen molar-refractivity contribution < 1.29 is 24.9 Å². The Balaban J connectivity index is 2.09. The molecule has 0 bridgehead atoms. The van der Waals surface area contributed by atoms with Crippen molar-refractivity contribution in [1.29, 1.82) is 0 Å². The number of aliphatic hydroxyl groups is 1. The Hall–Kier alpha value is -2.08. The number of benzene rings is 1. The monoisotopic (exact) mass is 265 g/mol. The summed E-state index contributed by atoms with van der Waals surface area (Å²) in [5.74, 6) is -1.42. The lowest BCUT2D eigenvalue weighted by molar-refractivity contribution is -0.148. The number of hydrogen-bond donors (Lipinski definition) is 3. The van der Waals surface area contributed by atoms with E-state index < -0.39 is 18.1 Å². The van der Waals surface area contributed by atoms with Gasteiger partial charge in [0, 0.05) is 13.0 Å². The maximum absolute atomic E-state index is 12.1. The lowest BCUT2D eigenvalue weighted by Gasteiger charge is -2.21. The van der Waals surface area contributed by atoms with Crippen LogP contribution in [0.1, 0.15) is 12.0 Å². The molecule has 2 rings (SSSR count). The van der Waals surface area contributed by atoms with E-state index in [0.29, 0.717) is 5.56 Å². The minimum atomic E-state index is -1.11. The van der Waals surface area contributed by atoms with E-state index in [9.17, 15) is 19.8 Å². The normalized spacial score (nSPS) is 22.5. The number of carbonyl (C=O) groups is 2. The van der Waals surface area contributed by atoms with E-state index >= 15 is 0 Å². The largest absolute Gasteiger partial charge is 0.508 e. The van der Waals surface area contributed by atoms with Crippen LogP contribution in [0.15, 0.2) is 24.3 Å². The minimum absolute atomic E-state index is 0.00486. The number of phenolic OH excluding ortho intramolecular Hbond substituents is 1. The molecule has 3 N–H and O–H groups in total. The topological polar surface area (TPSA) is 98.1 Å². The molecular weight excluding hydrogens is 250 g/mol. The second kappa shape index (κ2) is 5.27. The predicted molar refractivity (Wildman–Crippen MR) is 65.6 cm³/mol. The van der Waals surface area contributed by atoms with Crippen LogP contribution in [0.3, 0.4) is 0 Å². The molecule has 1 amide bonds. The van der Waals surface area contributed by atoms with Crippen LogP contribution in [0.4, 0.5) is 0 Å². The molecule has 0 radical (unpaired) electrons. The number of aliphatic carboxylic acids is 1. The van der Waals surface area contributed by atoms with Gasteiger partial charge in [0.1, 0.15) is 11.8 Å². The lowest BCUT2D eigenvalue weighted by Crippen LogP contribution is -2.41. The first-order chi connectivity index (χ1) is 8.97. The van der Waals surface area contributed by atoms with Gasteiger partial charge in [-0.05, 0) is 17.7 Å². The van der Waals surface area contributed by atoms with Crippen LogP contribution < -0.4 is 0 Å². The summed E-state index contributed by atoms with van der Waals surface area (Å²) in [6, 6.07) is 5.28. The molecule has 19 heavy (non-hydrogen) atoms. The van der Waals surface area contributed by atoms with Gasteiger partial charge in [-0.2, -0.15) is 0 Å². The van der Waals surface area contributed by atoms with Crippen molar-refractivity contribution in [3.63, 3.8) is 0 Å². The Kier molecular flexibility index (Phi) is 3.71. The second-order valence-corrected chi connectivity index (χ2v) is 4.64. The first-order valence-corrected chi connectivity index (χ1v) is 5.95. The molecule has 102 valence electrons. The van der Waals surface area contributed by atoms with Crippen molar-refractivity contribution in [2.45, 2.75) is 25.0 Å². The summed E-state index contributed by atoms with van der Waals surface area (Å²) < 4.78 is 0. The molecule has 1 aliphatic rings. The number of carboxylic acid groups (broad SMARTS) is 1. The Bertz CT molecular complexity index is 502. The van der Waals surface area contributed by atoms with E-state index in [1.54, 1.807) is 12.1 Å². The van der Waals surface area contributed by atoms with Crippen LogP contribution in [-0.2, 0) is 16.0 Å². The Morgan fingerprint density at radius 2 is 2.11 bits per heavy atom. The molecule has 6 nitrogen and oxygen atoms in total. The molecule has 1 aliphatic heterocycles. The van der Waals surface area contributed by atoms with Crippen molar-refractivity contribution in [3.05, 3.63) is 29.8 Å². The fourth-order valence-electron chi connectivity index (χ4n) is 2.27. The average Bonchev–Trinajstić information content (AvgIpc) is 2.71. The number of hydrogen-bond acceptors (Lipinski definition) is 4. The van der Waals surface area contributed by atoms with Gasteiger partial charge in [-0.15, -0.1) is 0 Å². The number of β-amino-alcohol motifs (C(OH)–C–C–N with tert-alkyl or cyclic N) is 1. The van der Waals surface area contributed by atoms with Gasteiger partial charge in [0.25, 0.3) is 0 Å². The van der Waals surface area contributed by atoms with Gasteiger partial charge in [0.05, 0.1) is 12.5 Å². The number of rotatable bonds is 3. The quantitative estimate of drug-likeness (QED) is 0.713. The average molecular weight is 265 g/mol. The molecule has 1 aromatic rings. The Labute approximate surface area is 109 Å². The fraction of sp³-hybridized carbons (Fsp3) is 0.385. The van der Waals surface area contributed by atoms with Gasteiger partial charge in [0.15, 0.2) is 0 Å². The highest BCUT2D eigenvalue weighted by Gasteiger charge is 2.38. The van der Waals surface area contributed by atoms with Crippen molar-refractivity contribution in [1.82, 2.24) is 4.90 Å². The van der Waals surface area contributed by atoms with E-state index in [2.05, 4.69) is 0 Å². The standard InChI is InChI=1S/C13H15NO5/c15-9-3-1-2-8(4-9)5-12(17)14-7-10(16)6-11(14)13(18)19/h1-4,10-11,15-16H,5-7H2,(H,18,19). The number of likely N-dealkylation sites (tertiary alicyclic amines) is 1. The van der Waals surface area contributed by atoms with Crippen molar-refractivity contribution in [2.24, 2.45) is 0 Å². The molecule has 1 aromatic carbocycles. The summed E-state index contributed by atoms with van der Waals surface area (Å²) in [4.78, 5) is 24.3. The number of aliphatic hydroxyl groups excluding tert-OH is 1. The highest BCUT2D eigenvalue weighted by Crippen LogP contribution is 2.20. The molecule has 0 spiro atoms. The second-order valence-electron chi connectivity index (χ2n) is 4.64.